The third-order valence-electron chi connectivity index (χ3n) is 3.20. The van der Waals surface area contributed by atoms with Gasteiger partial charge in [-0.15, -0.1) is 0 Å². The summed E-state index contributed by atoms with van der Waals surface area (Å²) in [7, 11) is 1.42. The zero-order valence-corrected chi connectivity index (χ0v) is 14.3. The predicted molar refractivity (Wildman–Crippen MR) is 89.1 cm³/mol. The highest BCUT2D eigenvalue weighted by atomic mass is 32.2. The number of imide groups is 1. The number of rotatable bonds is 6. The highest BCUT2D eigenvalue weighted by Gasteiger charge is 2.31. The second-order valence-corrected chi connectivity index (χ2v) is 5.97. The Kier molecular flexibility index (Phi) is 5.50. The summed E-state index contributed by atoms with van der Waals surface area (Å²) in [5.74, 6) is -0.775. The van der Waals surface area contributed by atoms with Crippen LogP contribution in [0.1, 0.15) is 19.4 Å². The topological polar surface area (TPSA) is 93.1 Å². The number of carboxylic acid groups (broad SMARTS) is 1. The fourth-order valence-electron chi connectivity index (χ4n) is 1.92. The van der Waals surface area contributed by atoms with E-state index in [0.717, 1.165) is 16.7 Å². The maximum Gasteiger partial charge on any atom is 0.344 e. The first-order chi connectivity index (χ1) is 11.3. The standard InChI is InChI=1S/C16H17NO6S/c1-4-22-12-7-10(5-6-11(12)23-9(2)15(19)20)8-13-14(18)17(3)16(21)24-13/h5-9H,4H2,1-3H3,(H,19,20)/b13-8+/t9-/m0/s1. The highest BCUT2D eigenvalue weighted by Crippen LogP contribution is 2.34. The van der Waals surface area contributed by atoms with E-state index < -0.39 is 12.1 Å². The van der Waals surface area contributed by atoms with Crippen molar-refractivity contribution in [3.05, 3.63) is 28.7 Å². The van der Waals surface area contributed by atoms with E-state index in [2.05, 4.69) is 0 Å². The van der Waals surface area contributed by atoms with E-state index in [1.165, 1.54) is 14.0 Å². The number of thioether (sulfide) groups is 1. The third-order valence-corrected chi connectivity index (χ3v) is 4.16. The number of likely N-dealkylation sites (N-methyl/N-ethyl adjacent to an activating group) is 1. The van der Waals surface area contributed by atoms with Gasteiger partial charge >= 0.3 is 5.97 Å². The number of amides is 2. The Bertz CT molecular complexity index is 715. The molecule has 24 heavy (non-hydrogen) atoms. The number of carbonyl (C=O) groups is 3. The molecule has 128 valence electrons. The summed E-state index contributed by atoms with van der Waals surface area (Å²) in [5.41, 5.74) is 0.646. The fourth-order valence-corrected chi connectivity index (χ4v) is 2.75. The van der Waals surface area contributed by atoms with Gasteiger partial charge in [0.15, 0.2) is 17.6 Å². The van der Waals surface area contributed by atoms with Crippen LogP contribution in [-0.2, 0) is 9.59 Å². The Morgan fingerprint density at radius 1 is 1.38 bits per heavy atom. The van der Waals surface area contributed by atoms with Crippen molar-refractivity contribution >= 4 is 35.0 Å². The minimum Gasteiger partial charge on any atom is -0.490 e. The Balaban J connectivity index is 2.30. The summed E-state index contributed by atoms with van der Waals surface area (Å²) in [6.45, 7) is 3.58. The molecular weight excluding hydrogens is 334 g/mol. The zero-order chi connectivity index (χ0) is 17.9. The van der Waals surface area contributed by atoms with Crippen molar-refractivity contribution in [3.8, 4) is 11.5 Å². The van der Waals surface area contributed by atoms with E-state index in [9.17, 15) is 14.4 Å². The van der Waals surface area contributed by atoms with Crippen molar-refractivity contribution in [3.63, 3.8) is 0 Å². The summed E-state index contributed by atoms with van der Waals surface area (Å²) >= 11 is 0.863. The van der Waals surface area contributed by atoms with Crippen LogP contribution in [0.25, 0.3) is 6.08 Å². The van der Waals surface area contributed by atoms with E-state index in [0.29, 0.717) is 28.6 Å². The summed E-state index contributed by atoms with van der Waals surface area (Å²) < 4.78 is 10.8. The lowest BCUT2D eigenvalue weighted by atomic mass is 10.2. The van der Waals surface area contributed by atoms with Crippen molar-refractivity contribution in [2.45, 2.75) is 20.0 Å². The molecule has 1 aromatic carbocycles. The van der Waals surface area contributed by atoms with Gasteiger partial charge in [-0.1, -0.05) is 6.07 Å². The smallest absolute Gasteiger partial charge is 0.344 e. The maximum absolute atomic E-state index is 11.9. The molecule has 1 aliphatic heterocycles. The molecule has 1 saturated heterocycles. The molecule has 2 rings (SSSR count). The molecule has 0 unspecified atom stereocenters. The van der Waals surface area contributed by atoms with Crippen molar-refractivity contribution < 1.29 is 29.0 Å². The van der Waals surface area contributed by atoms with Crippen LogP contribution in [0, 0.1) is 0 Å². The molecular formula is C16H17NO6S. The Labute approximate surface area is 143 Å². The second-order valence-electron chi connectivity index (χ2n) is 4.98. The first-order valence-corrected chi connectivity index (χ1v) is 8.03. The minimum atomic E-state index is -1.09. The SMILES string of the molecule is CCOc1cc(/C=C2/SC(=O)N(C)C2=O)ccc1O[C@@H](C)C(=O)O. The molecule has 0 aliphatic carbocycles. The van der Waals surface area contributed by atoms with Crippen LogP contribution in [0.2, 0.25) is 0 Å². The van der Waals surface area contributed by atoms with Crippen LogP contribution in [0.4, 0.5) is 4.79 Å². The number of nitrogens with zero attached hydrogens (tertiary/aromatic N) is 1. The number of aliphatic carboxylic acids is 1. The summed E-state index contributed by atoms with van der Waals surface area (Å²) in [4.78, 5) is 35.7. The number of benzene rings is 1. The lowest BCUT2D eigenvalue weighted by Crippen LogP contribution is -2.23. The quantitative estimate of drug-likeness (QED) is 0.787. The second kappa shape index (κ2) is 7.39. The monoisotopic (exact) mass is 351 g/mol. The number of carboxylic acids is 1. The first-order valence-electron chi connectivity index (χ1n) is 7.21. The highest BCUT2D eigenvalue weighted by molar-refractivity contribution is 8.18. The van der Waals surface area contributed by atoms with E-state index in [1.807, 2.05) is 0 Å². The number of carbonyl (C=O) groups excluding carboxylic acids is 2. The molecule has 2 amide bonds. The first kappa shape index (κ1) is 17.9. The summed E-state index contributed by atoms with van der Waals surface area (Å²) in [6, 6.07) is 4.87. The van der Waals surface area contributed by atoms with E-state index >= 15 is 0 Å². The molecule has 0 saturated carbocycles. The van der Waals surface area contributed by atoms with Gasteiger partial charge in [0.25, 0.3) is 11.1 Å². The molecule has 0 aromatic heterocycles. The third kappa shape index (κ3) is 3.88. The summed E-state index contributed by atoms with van der Waals surface area (Å²) in [5, 5.41) is 8.61. The maximum atomic E-state index is 11.9. The Morgan fingerprint density at radius 3 is 2.62 bits per heavy atom. The summed E-state index contributed by atoms with van der Waals surface area (Å²) in [6.07, 6.45) is 0.563. The normalized spacial score (nSPS) is 17.3. The molecule has 8 heteroatoms. The van der Waals surface area contributed by atoms with Crippen molar-refractivity contribution in [1.82, 2.24) is 4.90 Å². The van der Waals surface area contributed by atoms with Gasteiger partial charge in [-0.05, 0) is 49.4 Å². The number of hydrogen-bond acceptors (Lipinski definition) is 6. The van der Waals surface area contributed by atoms with Crippen molar-refractivity contribution in [1.29, 1.82) is 0 Å². The van der Waals surface area contributed by atoms with E-state index in [1.54, 1.807) is 31.2 Å². The van der Waals surface area contributed by atoms with Gasteiger partial charge in [0.05, 0.1) is 11.5 Å². The molecule has 1 heterocycles. The molecule has 0 radical (unpaired) electrons. The van der Waals surface area contributed by atoms with Gasteiger partial charge in [-0.2, -0.15) is 0 Å². The van der Waals surface area contributed by atoms with Crippen LogP contribution >= 0.6 is 11.8 Å². The molecule has 1 N–H and O–H groups in total. The van der Waals surface area contributed by atoms with Crippen molar-refractivity contribution in [2.75, 3.05) is 13.7 Å². The Hall–Kier alpha value is -2.48. The number of hydrogen-bond donors (Lipinski definition) is 1. The molecule has 1 fully saturated rings. The van der Waals surface area contributed by atoms with Gasteiger partial charge in [0.1, 0.15) is 0 Å². The van der Waals surface area contributed by atoms with Gasteiger partial charge in [-0.25, -0.2) is 4.79 Å². The van der Waals surface area contributed by atoms with Gasteiger partial charge in [-0.3, -0.25) is 14.5 Å². The number of ether oxygens (including phenoxy) is 2. The Morgan fingerprint density at radius 2 is 2.08 bits per heavy atom. The van der Waals surface area contributed by atoms with Crippen LogP contribution < -0.4 is 9.47 Å². The van der Waals surface area contributed by atoms with Crippen LogP contribution in [0.5, 0.6) is 11.5 Å². The lowest BCUT2D eigenvalue weighted by molar-refractivity contribution is -0.144. The van der Waals surface area contributed by atoms with Gasteiger partial charge in [0.2, 0.25) is 0 Å². The molecule has 0 spiro atoms. The van der Waals surface area contributed by atoms with Gasteiger partial charge < -0.3 is 14.6 Å². The van der Waals surface area contributed by atoms with Crippen LogP contribution in [-0.4, -0.2) is 46.9 Å². The van der Waals surface area contributed by atoms with Crippen molar-refractivity contribution in [2.24, 2.45) is 0 Å². The average Bonchev–Trinajstić information content (AvgIpc) is 2.77. The average molecular weight is 351 g/mol. The molecule has 1 aliphatic rings. The van der Waals surface area contributed by atoms with Crippen LogP contribution in [0.3, 0.4) is 0 Å². The van der Waals surface area contributed by atoms with Gasteiger partial charge in [0, 0.05) is 7.05 Å². The van der Waals surface area contributed by atoms with E-state index in [-0.39, 0.29) is 11.1 Å². The minimum absolute atomic E-state index is 0.299. The van der Waals surface area contributed by atoms with E-state index in [4.69, 9.17) is 14.6 Å². The molecule has 0 bridgehead atoms. The predicted octanol–water partition coefficient (Wildman–Crippen LogP) is 2.60. The molecule has 1 atom stereocenters. The van der Waals surface area contributed by atoms with Crippen LogP contribution in [0.15, 0.2) is 23.1 Å². The lowest BCUT2D eigenvalue weighted by Gasteiger charge is -2.15. The zero-order valence-electron chi connectivity index (χ0n) is 13.4. The molecule has 7 nitrogen and oxygen atoms in total. The molecule has 1 aromatic rings. The fraction of sp³-hybridized carbons (Fsp3) is 0.312. The largest absolute Gasteiger partial charge is 0.490 e.